The molecule has 2 aromatic rings. The van der Waals surface area contributed by atoms with Crippen molar-refractivity contribution in [2.24, 2.45) is 11.8 Å². The zero-order chi connectivity index (χ0) is 27.5. The molecular weight excluding hydrogens is 484 g/mol. The number of carbonyl (C=O) groups excluding carboxylic acids is 1. The summed E-state index contributed by atoms with van der Waals surface area (Å²) in [6, 6.07) is 7.90. The van der Waals surface area contributed by atoms with Gasteiger partial charge in [-0.3, -0.25) is 4.79 Å². The minimum atomic E-state index is -0.140. The van der Waals surface area contributed by atoms with Gasteiger partial charge in [0.05, 0.1) is 30.5 Å². The molecule has 1 saturated carbocycles. The number of esters is 1. The molecule has 1 aliphatic carbocycles. The van der Waals surface area contributed by atoms with Gasteiger partial charge in [-0.1, -0.05) is 109 Å². The SMILES string of the molecule is CCCCCCCCCCCCOc1ccccc1-c1ncc(OC(=O)C2CCC(CCCCC)CC2)cn1. The zero-order valence-corrected chi connectivity index (χ0v) is 24.7. The Morgan fingerprint density at radius 3 is 2.03 bits per heavy atom. The third-order valence-corrected chi connectivity index (χ3v) is 8.13. The molecule has 0 aliphatic heterocycles. The molecule has 1 fully saturated rings. The molecule has 0 amide bonds. The molecule has 1 aromatic heterocycles. The first kappa shape index (κ1) is 31.1. The van der Waals surface area contributed by atoms with Gasteiger partial charge in [0.15, 0.2) is 11.6 Å². The first-order valence-electron chi connectivity index (χ1n) is 16.0. The number of rotatable bonds is 19. The predicted molar refractivity (Wildman–Crippen MR) is 160 cm³/mol. The first-order chi connectivity index (χ1) is 19.2. The van der Waals surface area contributed by atoms with E-state index >= 15 is 0 Å². The number of unbranched alkanes of at least 4 members (excludes halogenated alkanes) is 11. The third-order valence-electron chi connectivity index (χ3n) is 8.13. The van der Waals surface area contributed by atoms with Crippen molar-refractivity contribution in [1.29, 1.82) is 0 Å². The largest absolute Gasteiger partial charge is 0.493 e. The molecule has 5 heteroatoms. The number of nitrogens with zero attached hydrogens (tertiary/aromatic N) is 2. The van der Waals surface area contributed by atoms with E-state index in [-0.39, 0.29) is 11.9 Å². The summed E-state index contributed by atoms with van der Waals surface area (Å²) in [5, 5.41) is 0. The van der Waals surface area contributed by atoms with Crippen molar-refractivity contribution in [2.45, 2.75) is 129 Å². The second-order valence-corrected chi connectivity index (χ2v) is 11.4. The molecule has 3 rings (SSSR count). The molecular formula is C34H52N2O3. The van der Waals surface area contributed by atoms with Crippen molar-refractivity contribution in [3.8, 4) is 22.9 Å². The number of hydrogen-bond donors (Lipinski definition) is 0. The maximum Gasteiger partial charge on any atom is 0.314 e. The van der Waals surface area contributed by atoms with E-state index in [0.717, 1.165) is 49.3 Å². The van der Waals surface area contributed by atoms with Crippen LogP contribution in [-0.4, -0.2) is 22.5 Å². The molecule has 5 nitrogen and oxygen atoms in total. The molecule has 1 heterocycles. The van der Waals surface area contributed by atoms with Crippen molar-refractivity contribution in [1.82, 2.24) is 9.97 Å². The number of ether oxygens (including phenoxy) is 2. The smallest absolute Gasteiger partial charge is 0.314 e. The van der Waals surface area contributed by atoms with Crippen LogP contribution < -0.4 is 9.47 Å². The summed E-state index contributed by atoms with van der Waals surface area (Å²) in [6.07, 6.45) is 25.6. The zero-order valence-electron chi connectivity index (χ0n) is 24.7. The highest BCUT2D eigenvalue weighted by Crippen LogP contribution is 2.33. The lowest BCUT2D eigenvalue weighted by Gasteiger charge is -2.27. The van der Waals surface area contributed by atoms with Crippen molar-refractivity contribution in [3.63, 3.8) is 0 Å². The van der Waals surface area contributed by atoms with Crippen LogP contribution in [0.15, 0.2) is 36.7 Å². The van der Waals surface area contributed by atoms with Gasteiger partial charge < -0.3 is 9.47 Å². The van der Waals surface area contributed by atoms with Gasteiger partial charge in [0.25, 0.3) is 0 Å². The van der Waals surface area contributed by atoms with E-state index in [0.29, 0.717) is 18.2 Å². The quantitative estimate of drug-likeness (QED) is 0.132. The van der Waals surface area contributed by atoms with Crippen LogP contribution in [-0.2, 0) is 4.79 Å². The minimum Gasteiger partial charge on any atom is -0.493 e. The van der Waals surface area contributed by atoms with Crippen molar-refractivity contribution >= 4 is 5.97 Å². The molecule has 1 aromatic carbocycles. The van der Waals surface area contributed by atoms with Gasteiger partial charge in [-0.05, 0) is 50.2 Å². The normalized spacial score (nSPS) is 17.2. The van der Waals surface area contributed by atoms with Crippen molar-refractivity contribution < 1.29 is 14.3 Å². The molecule has 0 bridgehead atoms. The maximum absolute atomic E-state index is 12.7. The summed E-state index contributed by atoms with van der Waals surface area (Å²) in [4.78, 5) is 21.7. The molecule has 0 N–H and O–H groups in total. The van der Waals surface area contributed by atoms with Crippen LogP contribution in [0.3, 0.4) is 0 Å². The predicted octanol–water partition coefficient (Wildman–Crippen LogP) is 9.74. The Morgan fingerprint density at radius 1 is 0.769 bits per heavy atom. The van der Waals surface area contributed by atoms with E-state index in [1.165, 1.54) is 83.5 Å². The minimum absolute atomic E-state index is 0.00739. The molecule has 0 unspecified atom stereocenters. The fourth-order valence-corrected chi connectivity index (χ4v) is 5.63. The number of hydrogen-bond acceptors (Lipinski definition) is 5. The average molecular weight is 537 g/mol. The summed E-state index contributed by atoms with van der Waals surface area (Å²) in [7, 11) is 0. The van der Waals surface area contributed by atoms with Crippen LogP contribution in [0.2, 0.25) is 0 Å². The van der Waals surface area contributed by atoms with E-state index < -0.39 is 0 Å². The fourth-order valence-electron chi connectivity index (χ4n) is 5.63. The Morgan fingerprint density at radius 2 is 1.36 bits per heavy atom. The van der Waals surface area contributed by atoms with Gasteiger partial charge in [0.2, 0.25) is 0 Å². The topological polar surface area (TPSA) is 61.3 Å². The number of aromatic nitrogens is 2. The second kappa shape index (κ2) is 18.8. The molecule has 0 spiro atoms. The van der Waals surface area contributed by atoms with E-state index in [1.807, 2.05) is 24.3 Å². The number of para-hydroxylation sites is 1. The third kappa shape index (κ3) is 11.7. The second-order valence-electron chi connectivity index (χ2n) is 11.4. The number of benzene rings is 1. The lowest BCUT2D eigenvalue weighted by molar-refractivity contribution is -0.140. The van der Waals surface area contributed by atoms with Crippen LogP contribution >= 0.6 is 0 Å². The standard InChI is InChI=1S/C34H52N2O3/c1-3-5-7-8-9-10-11-12-13-17-25-38-32-20-16-15-19-31(32)33-35-26-30(27-36-33)39-34(37)29-23-21-28(22-24-29)18-14-6-4-2/h15-16,19-20,26-29H,3-14,17-18,21-25H2,1-2H3. The van der Waals surface area contributed by atoms with Gasteiger partial charge >= 0.3 is 5.97 Å². The Labute approximate surface area is 237 Å². The van der Waals surface area contributed by atoms with Crippen LogP contribution in [0.1, 0.15) is 129 Å². The van der Waals surface area contributed by atoms with Crippen molar-refractivity contribution in [3.05, 3.63) is 36.7 Å². The molecule has 216 valence electrons. The van der Waals surface area contributed by atoms with E-state index in [1.54, 1.807) is 12.4 Å². The molecule has 0 radical (unpaired) electrons. The van der Waals surface area contributed by atoms with Gasteiger partial charge in [-0.15, -0.1) is 0 Å². The molecule has 39 heavy (non-hydrogen) atoms. The summed E-state index contributed by atoms with van der Waals surface area (Å²) in [5.41, 5.74) is 0.865. The summed E-state index contributed by atoms with van der Waals surface area (Å²) >= 11 is 0. The summed E-state index contributed by atoms with van der Waals surface area (Å²) < 4.78 is 11.8. The van der Waals surface area contributed by atoms with Crippen LogP contribution in [0.4, 0.5) is 0 Å². The highest BCUT2D eigenvalue weighted by Gasteiger charge is 2.27. The number of carbonyl (C=O) groups is 1. The van der Waals surface area contributed by atoms with Gasteiger partial charge in [0, 0.05) is 0 Å². The van der Waals surface area contributed by atoms with Crippen LogP contribution in [0, 0.1) is 11.8 Å². The maximum atomic E-state index is 12.7. The van der Waals surface area contributed by atoms with Gasteiger partial charge in [-0.2, -0.15) is 0 Å². The summed E-state index contributed by atoms with van der Waals surface area (Å²) in [6.45, 7) is 5.21. The van der Waals surface area contributed by atoms with E-state index in [2.05, 4.69) is 23.8 Å². The summed E-state index contributed by atoms with van der Waals surface area (Å²) in [5.74, 6) is 2.42. The van der Waals surface area contributed by atoms with Gasteiger partial charge in [-0.25, -0.2) is 9.97 Å². The first-order valence-corrected chi connectivity index (χ1v) is 16.0. The Balaban J connectivity index is 1.38. The Kier molecular flexibility index (Phi) is 15.0. The van der Waals surface area contributed by atoms with Crippen molar-refractivity contribution in [2.75, 3.05) is 6.61 Å². The van der Waals surface area contributed by atoms with Gasteiger partial charge in [0.1, 0.15) is 5.75 Å². The lowest BCUT2D eigenvalue weighted by atomic mass is 9.80. The highest BCUT2D eigenvalue weighted by atomic mass is 16.5. The fraction of sp³-hybridized carbons (Fsp3) is 0.676. The Bertz CT molecular complexity index is 922. The highest BCUT2D eigenvalue weighted by molar-refractivity contribution is 5.75. The molecule has 1 aliphatic rings. The van der Waals surface area contributed by atoms with E-state index in [4.69, 9.17) is 9.47 Å². The molecule has 0 atom stereocenters. The monoisotopic (exact) mass is 536 g/mol. The lowest BCUT2D eigenvalue weighted by Crippen LogP contribution is -2.25. The van der Waals surface area contributed by atoms with Crippen LogP contribution in [0.25, 0.3) is 11.4 Å². The average Bonchev–Trinajstić information content (AvgIpc) is 2.97. The van der Waals surface area contributed by atoms with Crippen LogP contribution in [0.5, 0.6) is 11.5 Å². The van der Waals surface area contributed by atoms with E-state index in [9.17, 15) is 4.79 Å². The Hall–Kier alpha value is -2.43. The molecule has 0 saturated heterocycles.